The number of rotatable bonds is 10. The van der Waals surface area contributed by atoms with Crippen molar-refractivity contribution in [1.29, 1.82) is 0 Å². The topological polar surface area (TPSA) is 92.5 Å². The number of hydrogen-bond acceptors (Lipinski definition) is 6. The van der Waals surface area contributed by atoms with Gasteiger partial charge in [-0.15, -0.1) is 0 Å². The average molecular weight is 436 g/mol. The highest BCUT2D eigenvalue weighted by molar-refractivity contribution is 5.76. The normalized spacial score (nSPS) is 14.5. The number of aliphatic hydroxyl groups excluding tert-OH is 1. The minimum Gasteiger partial charge on any atom is -0.492 e. The Morgan fingerprint density at radius 2 is 1.97 bits per heavy atom. The van der Waals surface area contributed by atoms with E-state index in [1.54, 1.807) is 17.1 Å². The second-order valence-corrected chi connectivity index (χ2v) is 7.87. The Bertz CT molecular complexity index is 984. The molecule has 0 saturated carbocycles. The maximum Gasteiger partial charge on any atom is 0.244 e. The monoisotopic (exact) mass is 435 g/mol. The molecular weight excluding hydrogens is 406 g/mol. The highest BCUT2D eigenvalue weighted by atomic mass is 16.5. The Balaban J connectivity index is 1.20. The number of aromatic nitrogens is 3. The number of amides is 1. The van der Waals surface area contributed by atoms with Gasteiger partial charge < -0.3 is 20.1 Å². The maximum absolute atomic E-state index is 12.3. The minimum absolute atomic E-state index is 0.127. The largest absolute Gasteiger partial charge is 0.492 e. The van der Waals surface area contributed by atoms with Gasteiger partial charge in [0.1, 0.15) is 18.9 Å². The molecular formula is C24H29N5O3. The summed E-state index contributed by atoms with van der Waals surface area (Å²) in [4.78, 5) is 18.2. The van der Waals surface area contributed by atoms with Crippen LogP contribution < -0.4 is 10.1 Å². The Morgan fingerprint density at radius 1 is 1.16 bits per heavy atom. The van der Waals surface area contributed by atoms with Gasteiger partial charge in [0.05, 0.1) is 11.8 Å². The SMILES string of the molecule is O=C(Cn1ccc(-c2ccc(OCCNC[C@@H](O)c3cccnc3)cc2)n1)N1CCCC1. The summed E-state index contributed by atoms with van der Waals surface area (Å²) in [6.07, 6.45) is 6.79. The van der Waals surface area contributed by atoms with E-state index in [2.05, 4.69) is 15.4 Å². The zero-order chi connectivity index (χ0) is 22.2. The molecule has 1 atom stereocenters. The number of nitrogens with one attached hydrogen (secondary N) is 1. The lowest BCUT2D eigenvalue weighted by atomic mass is 10.1. The molecule has 168 valence electrons. The van der Waals surface area contributed by atoms with E-state index in [-0.39, 0.29) is 12.5 Å². The van der Waals surface area contributed by atoms with E-state index >= 15 is 0 Å². The Hall–Kier alpha value is -3.23. The third-order valence-corrected chi connectivity index (χ3v) is 5.50. The van der Waals surface area contributed by atoms with E-state index < -0.39 is 6.10 Å². The van der Waals surface area contributed by atoms with E-state index in [1.165, 1.54) is 0 Å². The number of nitrogens with zero attached hydrogens (tertiary/aromatic N) is 4. The van der Waals surface area contributed by atoms with Gasteiger partial charge in [-0.3, -0.25) is 14.5 Å². The molecule has 1 aliphatic heterocycles. The molecule has 0 aliphatic carbocycles. The van der Waals surface area contributed by atoms with Crippen LogP contribution in [0.3, 0.4) is 0 Å². The van der Waals surface area contributed by atoms with Crippen molar-refractivity contribution in [2.75, 3.05) is 32.8 Å². The summed E-state index contributed by atoms with van der Waals surface area (Å²) in [6, 6.07) is 13.3. The molecule has 32 heavy (non-hydrogen) atoms. The predicted octanol–water partition coefficient (Wildman–Crippen LogP) is 2.27. The molecule has 3 aromatic rings. The molecule has 8 nitrogen and oxygen atoms in total. The molecule has 1 saturated heterocycles. The molecule has 3 heterocycles. The lowest BCUT2D eigenvalue weighted by Gasteiger charge is -2.14. The van der Waals surface area contributed by atoms with Crippen LogP contribution in [0.15, 0.2) is 61.1 Å². The zero-order valence-corrected chi connectivity index (χ0v) is 18.1. The second kappa shape index (κ2) is 10.9. The lowest BCUT2D eigenvalue weighted by Crippen LogP contribution is -2.31. The van der Waals surface area contributed by atoms with Gasteiger partial charge >= 0.3 is 0 Å². The summed E-state index contributed by atoms with van der Waals surface area (Å²) < 4.78 is 7.47. The zero-order valence-electron chi connectivity index (χ0n) is 18.1. The molecule has 1 amide bonds. The molecule has 1 aromatic carbocycles. The van der Waals surface area contributed by atoms with Crippen molar-refractivity contribution in [3.8, 4) is 17.0 Å². The second-order valence-electron chi connectivity index (χ2n) is 7.87. The molecule has 1 fully saturated rings. The van der Waals surface area contributed by atoms with E-state index in [1.807, 2.05) is 53.6 Å². The molecule has 4 rings (SSSR count). The Kier molecular flexibility index (Phi) is 7.47. The van der Waals surface area contributed by atoms with Crippen LogP contribution in [0.1, 0.15) is 24.5 Å². The fourth-order valence-electron chi connectivity index (χ4n) is 3.70. The first-order valence-electron chi connectivity index (χ1n) is 11.0. The number of carbonyl (C=O) groups excluding carboxylic acids is 1. The molecule has 0 radical (unpaired) electrons. The van der Waals surface area contributed by atoms with Crippen molar-refractivity contribution in [3.63, 3.8) is 0 Å². The summed E-state index contributed by atoms with van der Waals surface area (Å²) in [7, 11) is 0. The number of carbonyl (C=O) groups is 1. The Labute approximate surface area is 187 Å². The van der Waals surface area contributed by atoms with Crippen LogP contribution in [0.2, 0.25) is 0 Å². The van der Waals surface area contributed by atoms with E-state index in [0.29, 0.717) is 19.7 Å². The van der Waals surface area contributed by atoms with Crippen molar-refractivity contribution in [2.24, 2.45) is 0 Å². The van der Waals surface area contributed by atoms with E-state index in [9.17, 15) is 9.90 Å². The fraction of sp³-hybridized carbons (Fsp3) is 0.375. The number of ether oxygens (including phenoxy) is 1. The standard InChI is InChI=1S/C24H29N5O3/c30-23(20-4-3-10-25-16-20)17-26-11-15-32-21-7-5-19(6-8-21)22-9-14-29(27-22)18-24(31)28-12-1-2-13-28/h3-10,14,16,23,26,30H,1-2,11-13,15,17-18H2/t23-/m1/s1. The van der Waals surface area contributed by atoms with Crippen molar-refractivity contribution in [2.45, 2.75) is 25.5 Å². The number of likely N-dealkylation sites (tertiary alicyclic amines) is 1. The summed E-state index contributed by atoms with van der Waals surface area (Å²) in [5, 5.41) is 17.8. The van der Waals surface area contributed by atoms with Crippen molar-refractivity contribution < 1.29 is 14.6 Å². The molecule has 1 aliphatic rings. The summed E-state index contributed by atoms with van der Waals surface area (Å²) in [6.45, 7) is 3.55. The highest BCUT2D eigenvalue weighted by Crippen LogP contribution is 2.21. The van der Waals surface area contributed by atoms with Crippen molar-refractivity contribution in [3.05, 3.63) is 66.6 Å². The predicted molar refractivity (Wildman–Crippen MR) is 121 cm³/mol. The first kappa shape index (κ1) is 22.0. The van der Waals surface area contributed by atoms with Gasteiger partial charge in [0.25, 0.3) is 0 Å². The van der Waals surface area contributed by atoms with Crippen LogP contribution in [-0.4, -0.2) is 63.5 Å². The quantitative estimate of drug-likeness (QED) is 0.475. The number of hydrogen-bond donors (Lipinski definition) is 2. The third-order valence-electron chi connectivity index (χ3n) is 5.50. The van der Waals surface area contributed by atoms with Gasteiger partial charge in [-0.25, -0.2) is 0 Å². The van der Waals surface area contributed by atoms with Gasteiger partial charge in [0, 0.05) is 55.9 Å². The molecule has 2 aromatic heterocycles. The molecule has 2 N–H and O–H groups in total. The van der Waals surface area contributed by atoms with Crippen LogP contribution in [0.4, 0.5) is 0 Å². The lowest BCUT2D eigenvalue weighted by molar-refractivity contribution is -0.130. The smallest absolute Gasteiger partial charge is 0.244 e. The summed E-state index contributed by atoms with van der Waals surface area (Å²) in [5.74, 6) is 0.898. The van der Waals surface area contributed by atoms with Gasteiger partial charge in [-0.1, -0.05) is 6.07 Å². The van der Waals surface area contributed by atoms with Crippen molar-refractivity contribution in [1.82, 2.24) is 25.0 Å². The first-order chi connectivity index (χ1) is 15.7. The van der Waals surface area contributed by atoms with Crippen LogP contribution in [0.5, 0.6) is 5.75 Å². The van der Waals surface area contributed by atoms with Crippen molar-refractivity contribution >= 4 is 5.91 Å². The van der Waals surface area contributed by atoms with Crippen LogP contribution in [0.25, 0.3) is 11.3 Å². The number of pyridine rings is 1. The first-order valence-corrected chi connectivity index (χ1v) is 11.0. The fourth-order valence-corrected chi connectivity index (χ4v) is 3.70. The Morgan fingerprint density at radius 3 is 2.72 bits per heavy atom. The molecule has 8 heteroatoms. The summed E-state index contributed by atoms with van der Waals surface area (Å²) in [5.41, 5.74) is 2.60. The molecule has 0 bridgehead atoms. The third kappa shape index (κ3) is 5.93. The van der Waals surface area contributed by atoms with Crippen LogP contribution in [-0.2, 0) is 11.3 Å². The van der Waals surface area contributed by atoms with E-state index in [4.69, 9.17) is 4.74 Å². The maximum atomic E-state index is 12.3. The number of benzene rings is 1. The van der Waals surface area contributed by atoms with Crippen LogP contribution >= 0.6 is 0 Å². The molecule has 0 unspecified atom stereocenters. The average Bonchev–Trinajstić information content (AvgIpc) is 3.52. The number of aliphatic hydroxyl groups is 1. The molecule has 0 spiro atoms. The highest BCUT2D eigenvalue weighted by Gasteiger charge is 2.18. The van der Waals surface area contributed by atoms with E-state index in [0.717, 1.165) is 48.5 Å². The summed E-state index contributed by atoms with van der Waals surface area (Å²) >= 11 is 0. The van der Waals surface area contributed by atoms with Gasteiger partial charge in [0.2, 0.25) is 5.91 Å². The van der Waals surface area contributed by atoms with Gasteiger partial charge in [-0.05, 0) is 49.2 Å². The minimum atomic E-state index is -0.589. The van der Waals surface area contributed by atoms with Gasteiger partial charge in [-0.2, -0.15) is 5.10 Å². The van der Waals surface area contributed by atoms with Gasteiger partial charge in [0.15, 0.2) is 0 Å². The van der Waals surface area contributed by atoms with Crippen LogP contribution in [0, 0.1) is 0 Å².